The number of likely N-dealkylation sites (N-methyl/N-ethyl adjacent to an activating group) is 1. The summed E-state index contributed by atoms with van der Waals surface area (Å²) in [7, 11) is 3.88. The Kier molecular flexibility index (Phi) is 3.50. The quantitative estimate of drug-likeness (QED) is 0.747. The smallest absolute Gasteiger partial charge is 0.240 e. The maximum absolute atomic E-state index is 12.2. The number of hydrogen-bond acceptors (Lipinski definition) is 3. The Bertz CT molecular complexity index is 265. The molecule has 2 fully saturated rings. The predicted molar refractivity (Wildman–Crippen MR) is 64.3 cm³/mol. The highest BCUT2D eigenvalue weighted by Gasteiger charge is 2.42. The topological polar surface area (TPSA) is 35.6 Å². The Hall–Kier alpha value is -0.610. The third-order valence-electron chi connectivity index (χ3n) is 3.85. The van der Waals surface area contributed by atoms with E-state index < -0.39 is 0 Å². The zero-order valence-electron chi connectivity index (χ0n) is 10.6. The summed E-state index contributed by atoms with van der Waals surface area (Å²) in [6, 6.07) is 1.15. The minimum atomic E-state index is 0.112. The molecule has 1 amide bonds. The molecule has 0 aromatic heterocycles. The maximum atomic E-state index is 12.2. The molecule has 16 heavy (non-hydrogen) atoms. The van der Waals surface area contributed by atoms with Crippen molar-refractivity contribution in [2.75, 3.05) is 27.2 Å². The molecule has 0 spiro atoms. The summed E-state index contributed by atoms with van der Waals surface area (Å²) in [6.07, 6.45) is 3.49. The third kappa shape index (κ3) is 2.23. The monoisotopic (exact) mass is 225 g/mol. The summed E-state index contributed by atoms with van der Waals surface area (Å²) >= 11 is 0. The second-order valence-corrected chi connectivity index (χ2v) is 5.13. The molecule has 0 aromatic carbocycles. The number of nitrogens with zero attached hydrogens (tertiary/aromatic N) is 2. The van der Waals surface area contributed by atoms with Crippen LogP contribution >= 0.6 is 0 Å². The van der Waals surface area contributed by atoms with Gasteiger partial charge in [0, 0.05) is 25.7 Å². The molecule has 4 nitrogen and oxygen atoms in total. The SMILES string of the molecule is CNCCC1C(=O)N(C)C(C)CN1C1CC1. The van der Waals surface area contributed by atoms with Gasteiger partial charge in [-0.1, -0.05) is 0 Å². The molecule has 2 aliphatic rings. The van der Waals surface area contributed by atoms with E-state index in [-0.39, 0.29) is 6.04 Å². The first-order valence-electron chi connectivity index (χ1n) is 6.32. The Morgan fingerprint density at radius 1 is 1.44 bits per heavy atom. The highest BCUT2D eigenvalue weighted by Crippen LogP contribution is 2.32. The van der Waals surface area contributed by atoms with Gasteiger partial charge in [-0.05, 0) is 39.8 Å². The van der Waals surface area contributed by atoms with E-state index in [1.807, 2.05) is 19.0 Å². The average Bonchev–Trinajstić information content (AvgIpc) is 3.08. The van der Waals surface area contributed by atoms with Crippen LogP contribution in [0.2, 0.25) is 0 Å². The summed E-state index contributed by atoms with van der Waals surface area (Å²) < 4.78 is 0. The lowest BCUT2D eigenvalue weighted by atomic mass is 10.0. The number of carbonyl (C=O) groups is 1. The lowest BCUT2D eigenvalue weighted by Gasteiger charge is -2.43. The Morgan fingerprint density at radius 2 is 2.12 bits per heavy atom. The number of rotatable bonds is 4. The molecule has 2 unspecified atom stereocenters. The fourth-order valence-corrected chi connectivity index (χ4v) is 2.53. The minimum absolute atomic E-state index is 0.112. The molecule has 1 aliphatic heterocycles. The van der Waals surface area contributed by atoms with Crippen LogP contribution in [0.3, 0.4) is 0 Å². The Morgan fingerprint density at radius 3 is 2.69 bits per heavy atom. The molecule has 1 N–H and O–H groups in total. The number of amides is 1. The van der Waals surface area contributed by atoms with Crippen molar-refractivity contribution in [2.45, 2.75) is 44.3 Å². The first kappa shape index (κ1) is 11.9. The predicted octanol–water partition coefficient (Wildman–Crippen LogP) is 0.289. The summed E-state index contributed by atoms with van der Waals surface area (Å²) in [5.74, 6) is 0.306. The van der Waals surface area contributed by atoms with Gasteiger partial charge in [-0.25, -0.2) is 0 Å². The highest BCUT2D eigenvalue weighted by molar-refractivity contribution is 5.82. The average molecular weight is 225 g/mol. The van der Waals surface area contributed by atoms with E-state index in [4.69, 9.17) is 0 Å². The first-order chi connectivity index (χ1) is 7.65. The van der Waals surface area contributed by atoms with E-state index in [9.17, 15) is 4.79 Å². The van der Waals surface area contributed by atoms with Crippen LogP contribution in [0.15, 0.2) is 0 Å². The number of hydrogen-bond donors (Lipinski definition) is 1. The molecule has 1 saturated heterocycles. The fourth-order valence-electron chi connectivity index (χ4n) is 2.53. The van der Waals surface area contributed by atoms with Crippen molar-refractivity contribution < 1.29 is 4.79 Å². The Balaban J connectivity index is 2.05. The van der Waals surface area contributed by atoms with Crippen molar-refractivity contribution in [2.24, 2.45) is 0 Å². The summed E-state index contributed by atoms with van der Waals surface area (Å²) in [5, 5.41) is 3.14. The zero-order valence-corrected chi connectivity index (χ0v) is 10.6. The molecule has 1 heterocycles. The van der Waals surface area contributed by atoms with Crippen LogP contribution in [-0.4, -0.2) is 61.0 Å². The van der Waals surface area contributed by atoms with Crippen LogP contribution in [0.1, 0.15) is 26.2 Å². The summed E-state index contributed by atoms with van der Waals surface area (Å²) in [5.41, 5.74) is 0. The summed E-state index contributed by atoms with van der Waals surface area (Å²) in [4.78, 5) is 16.6. The van der Waals surface area contributed by atoms with Gasteiger partial charge in [-0.15, -0.1) is 0 Å². The van der Waals surface area contributed by atoms with Gasteiger partial charge in [0.2, 0.25) is 5.91 Å². The van der Waals surface area contributed by atoms with E-state index in [1.54, 1.807) is 0 Å². The van der Waals surface area contributed by atoms with Crippen molar-refractivity contribution in [1.82, 2.24) is 15.1 Å². The van der Waals surface area contributed by atoms with E-state index >= 15 is 0 Å². The molecule has 0 aromatic rings. The van der Waals surface area contributed by atoms with E-state index in [0.29, 0.717) is 18.0 Å². The molecule has 0 radical (unpaired) electrons. The fraction of sp³-hybridized carbons (Fsp3) is 0.917. The van der Waals surface area contributed by atoms with Gasteiger partial charge in [-0.2, -0.15) is 0 Å². The Labute approximate surface area is 98.0 Å². The molecule has 2 atom stereocenters. The maximum Gasteiger partial charge on any atom is 0.240 e. The lowest BCUT2D eigenvalue weighted by molar-refractivity contribution is -0.144. The van der Waals surface area contributed by atoms with Gasteiger partial charge in [0.1, 0.15) is 0 Å². The standard InChI is InChI=1S/C12H23N3O/c1-9-8-15(10-4-5-10)11(6-7-13-2)12(16)14(9)3/h9-11,13H,4-8H2,1-3H3. The first-order valence-corrected chi connectivity index (χ1v) is 6.32. The molecule has 4 heteroatoms. The third-order valence-corrected chi connectivity index (χ3v) is 3.85. The molecule has 1 aliphatic carbocycles. The highest BCUT2D eigenvalue weighted by atomic mass is 16.2. The summed E-state index contributed by atoms with van der Waals surface area (Å²) in [6.45, 7) is 4.10. The van der Waals surface area contributed by atoms with Gasteiger partial charge >= 0.3 is 0 Å². The van der Waals surface area contributed by atoms with Crippen LogP contribution in [0.25, 0.3) is 0 Å². The van der Waals surface area contributed by atoms with Gasteiger partial charge in [0.05, 0.1) is 6.04 Å². The second kappa shape index (κ2) is 4.72. The minimum Gasteiger partial charge on any atom is -0.340 e. The normalized spacial score (nSPS) is 32.2. The molecule has 92 valence electrons. The number of nitrogens with one attached hydrogen (secondary N) is 1. The number of carbonyl (C=O) groups excluding carboxylic acids is 1. The second-order valence-electron chi connectivity index (χ2n) is 5.13. The lowest BCUT2D eigenvalue weighted by Crippen LogP contribution is -2.60. The van der Waals surface area contributed by atoms with Crippen LogP contribution in [0, 0.1) is 0 Å². The van der Waals surface area contributed by atoms with Gasteiger partial charge in [-0.3, -0.25) is 9.69 Å². The van der Waals surface area contributed by atoms with Crippen LogP contribution in [0.4, 0.5) is 0 Å². The van der Waals surface area contributed by atoms with E-state index in [0.717, 1.165) is 19.5 Å². The molecule has 0 bridgehead atoms. The van der Waals surface area contributed by atoms with Crippen molar-refractivity contribution in [3.63, 3.8) is 0 Å². The molecule has 1 saturated carbocycles. The van der Waals surface area contributed by atoms with Gasteiger partial charge in [0.15, 0.2) is 0 Å². The largest absolute Gasteiger partial charge is 0.340 e. The van der Waals surface area contributed by atoms with Gasteiger partial charge in [0.25, 0.3) is 0 Å². The molecule has 2 rings (SSSR count). The van der Waals surface area contributed by atoms with Crippen molar-refractivity contribution in [1.29, 1.82) is 0 Å². The van der Waals surface area contributed by atoms with Crippen LogP contribution < -0.4 is 5.32 Å². The van der Waals surface area contributed by atoms with Crippen molar-refractivity contribution >= 4 is 5.91 Å². The van der Waals surface area contributed by atoms with Crippen molar-refractivity contribution in [3.05, 3.63) is 0 Å². The van der Waals surface area contributed by atoms with Crippen molar-refractivity contribution in [3.8, 4) is 0 Å². The molecular formula is C12H23N3O. The van der Waals surface area contributed by atoms with Crippen LogP contribution in [0.5, 0.6) is 0 Å². The zero-order chi connectivity index (χ0) is 11.7. The molecular weight excluding hydrogens is 202 g/mol. The van der Waals surface area contributed by atoms with E-state index in [2.05, 4.69) is 17.1 Å². The van der Waals surface area contributed by atoms with Gasteiger partial charge < -0.3 is 10.2 Å². The number of piperazine rings is 1. The van der Waals surface area contributed by atoms with Crippen LogP contribution in [-0.2, 0) is 4.79 Å². The van der Waals surface area contributed by atoms with E-state index in [1.165, 1.54) is 12.8 Å².